The van der Waals surface area contributed by atoms with Crippen LogP contribution in [0.3, 0.4) is 0 Å². The molecule has 1 saturated heterocycles. The van der Waals surface area contributed by atoms with Gasteiger partial charge in [0.2, 0.25) is 0 Å². The number of carbonyl (C=O) groups is 1. The molecule has 0 bridgehead atoms. The number of benzene rings is 1. The van der Waals surface area contributed by atoms with Crippen LogP contribution in [0.25, 0.3) is 0 Å². The maximum Gasteiger partial charge on any atom is 0.254 e. The molecule has 1 amide bonds. The largest absolute Gasteiger partial charge is 0.380 e. The number of rotatable bonds is 3. The van der Waals surface area contributed by atoms with Crippen molar-refractivity contribution in [2.45, 2.75) is 32.4 Å². The van der Waals surface area contributed by atoms with Crippen LogP contribution in [0.4, 0.5) is 0 Å². The number of nitrogens with one attached hydrogen (secondary N) is 1. The predicted molar refractivity (Wildman–Crippen MR) is 86.5 cm³/mol. The summed E-state index contributed by atoms with van der Waals surface area (Å²) in [5, 5.41) is 7.43. The van der Waals surface area contributed by atoms with E-state index in [1.54, 1.807) is 12.0 Å². The zero-order valence-corrected chi connectivity index (χ0v) is 14.1. The molecule has 1 N–H and O–H groups in total. The zero-order chi connectivity index (χ0) is 16.6. The molecule has 2 atom stereocenters. The number of ether oxygens (including phenoxy) is 1. The highest BCUT2D eigenvalue weighted by Gasteiger charge is 2.38. The molecule has 0 spiro atoms. The Morgan fingerprint density at radius 2 is 2.17 bits per heavy atom. The van der Waals surface area contributed by atoms with Crippen LogP contribution in [0.5, 0.6) is 0 Å². The van der Waals surface area contributed by atoms with E-state index in [0.29, 0.717) is 29.4 Å². The van der Waals surface area contributed by atoms with Crippen molar-refractivity contribution in [3.8, 4) is 0 Å². The van der Waals surface area contributed by atoms with Gasteiger partial charge in [-0.2, -0.15) is 5.10 Å². The van der Waals surface area contributed by atoms with Gasteiger partial charge in [0.15, 0.2) is 0 Å². The van der Waals surface area contributed by atoms with Crippen LogP contribution in [-0.2, 0) is 4.74 Å². The third-order valence-electron chi connectivity index (χ3n) is 4.34. The molecule has 1 aromatic heterocycles. The van der Waals surface area contributed by atoms with Crippen LogP contribution in [0.15, 0.2) is 18.5 Å². The van der Waals surface area contributed by atoms with Gasteiger partial charge in [-0.25, -0.2) is 4.98 Å². The normalized spacial score (nSPS) is 21.0. The summed E-state index contributed by atoms with van der Waals surface area (Å²) >= 11 is 6.14. The van der Waals surface area contributed by atoms with Crippen LogP contribution in [0, 0.1) is 13.8 Å². The SMILES string of the molecule is CO[C@@H]1C[C@@H](c2ncn[nH]2)N(C(=O)c2cc(C)c(Cl)cc2C)C1. The Kier molecular flexibility index (Phi) is 4.37. The van der Waals surface area contributed by atoms with Gasteiger partial charge in [0.1, 0.15) is 12.2 Å². The van der Waals surface area contributed by atoms with Crippen molar-refractivity contribution in [3.05, 3.63) is 46.0 Å². The van der Waals surface area contributed by atoms with Crippen molar-refractivity contribution in [1.29, 1.82) is 0 Å². The lowest BCUT2D eigenvalue weighted by atomic mass is 10.0. The highest BCUT2D eigenvalue weighted by Crippen LogP contribution is 2.33. The van der Waals surface area contributed by atoms with Crippen molar-refractivity contribution in [2.75, 3.05) is 13.7 Å². The second-order valence-corrected chi connectivity index (χ2v) is 6.26. The predicted octanol–water partition coefficient (Wildman–Crippen LogP) is 2.68. The molecule has 1 aliphatic rings. The molecule has 0 saturated carbocycles. The van der Waals surface area contributed by atoms with Gasteiger partial charge in [-0.15, -0.1) is 0 Å². The molecule has 0 aliphatic carbocycles. The minimum atomic E-state index is -0.162. The fraction of sp³-hybridized carbons (Fsp3) is 0.438. The number of amides is 1. The number of carbonyl (C=O) groups excluding carboxylic acids is 1. The number of nitrogens with zero attached hydrogens (tertiary/aromatic N) is 3. The number of aromatic nitrogens is 3. The first-order chi connectivity index (χ1) is 11.0. The van der Waals surface area contributed by atoms with Gasteiger partial charge in [-0.05, 0) is 37.1 Å². The summed E-state index contributed by atoms with van der Waals surface area (Å²) in [6.45, 7) is 4.32. The highest BCUT2D eigenvalue weighted by molar-refractivity contribution is 6.31. The fourth-order valence-corrected chi connectivity index (χ4v) is 3.21. The number of likely N-dealkylation sites (tertiary alicyclic amines) is 1. The zero-order valence-electron chi connectivity index (χ0n) is 13.3. The van der Waals surface area contributed by atoms with Crippen molar-refractivity contribution >= 4 is 17.5 Å². The number of methoxy groups -OCH3 is 1. The number of hydrogen-bond donors (Lipinski definition) is 1. The first kappa shape index (κ1) is 16.0. The average molecular weight is 335 g/mol. The Bertz CT molecular complexity index is 717. The van der Waals surface area contributed by atoms with Crippen LogP contribution in [0.1, 0.15) is 39.8 Å². The average Bonchev–Trinajstić information content (AvgIpc) is 3.18. The summed E-state index contributed by atoms with van der Waals surface area (Å²) < 4.78 is 5.45. The minimum Gasteiger partial charge on any atom is -0.380 e. The summed E-state index contributed by atoms with van der Waals surface area (Å²) in [7, 11) is 1.66. The van der Waals surface area contributed by atoms with E-state index in [1.807, 2.05) is 26.0 Å². The van der Waals surface area contributed by atoms with Crippen molar-refractivity contribution < 1.29 is 9.53 Å². The number of aromatic amines is 1. The Morgan fingerprint density at radius 3 is 2.83 bits per heavy atom. The highest BCUT2D eigenvalue weighted by atomic mass is 35.5. The smallest absolute Gasteiger partial charge is 0.254 e. The molecule has 1 fully saturated rings. The van der Waals surface area contributed by atoms with Crippen molar-refractivity contribution in [1.82, 2.24) is 20.1 Å². The maximum absolute atomic E-state index is 13.1. The summed E-state index contributed by atoms with van der Waals surface area (Å²) in [5.74, 6) is 0.643. The summed E-state index contributed by atoms with van der Waals surface area (Å²) in [6, 6.07) is 3.51. The van der Waals surface area contributed by atoms with E-state index < -0.39 is 0 Å². The minimum absolute atomic E-state index is 0.0113. The van der Waals surface area contributed by atoms with Gasteiger partial charge in [0.25, 0.3) is 5.91 Å². The number of H-pyrrole nitrogens is 1. The van der Waals surface area contributed by atoms with E-state index in [2.05, 4.69) is 15.2 Å². The third-order valence-corrected chi connectivity index (χ3v) is 4.75. The van der Waals surface area contributed by atoms with Crippen LogP contribution < -0.4 is 0 Å². The van der Waals surface area contributed by atoms with E-state index in [0.717, 1.165) is 11.1 Å². The van der Waals surface area contributed by atoms with E-state index in [1.165, 1.54) is 6.33 Å². The first-order valence-electron chi connectivity index (χ1n) is 7.47. The number of halogens is 1. The molecule has 0 unspecified atom stereocenters. The Labute approximate surface area is 139 Å². The fourth-order valence-electron chi connectivity index (χ4n) is 2.99. The van der Waals surface area contributed by atoms with Gasteiger partial charge in [-0.1, -0.05) is 11.6 Å². The molecular weight excluding hydrogens is 316 g/mol. The van der Waals surface area contributed by atoms with E-state index in [9.17, 15) is 4.79 Å². The van der Waals surface area contributed by atoms with Crippen LogP contribution in [-0.4, -0.2) is 45.7 Å². The summed E-state index contributed by atoms with van der Waals surface area (Å²) in [5.41, 5.74) is 2.41. The number of hydrogen-bond acceptors (Lipinski definition) is 4. The lowest BCUT2D eigenvalue weighted by Gasteiger charge is -2.24. The Morgan fingerprint density at radius 1 is 1.39 bits per heavy atom. The van der Waals surface area contributed by atoms with Crippen LogP contribution >= 0.6 is 11.6 Å². The molecular formula is C16H19ClN4O2. The second-order valence-electron chi connectivity index (χ2n) is 5.85. The standard InChI is InChI=1S/C16H19ClN4O2/c1-9-5-13(17)10(2)4-12(9)16(22)21-7-11(23-3)6-14(21)15-18-8-19-20-15/h4-5,8,11,14H,6-7H2,1-3H3,(H,18,19,20)/t11-,14+/m1/s1. The quantitative estimate of drug-likeness (QED) is 0.936. The van der Waals surface area contributed by atoms with Crippen molar-refractivity contribution in [3.63, 3.8) is 0 Å². The second kappa shape index (κ2) is 6.29. The Hall–Kier alpha value is -1.92. The molecule has 122 valence electrons. The van der Waals surface area contributed by atoms with E-state index in [-0.39, 0.29) is 18.1 Å². The molecule has 6 nitrogen and oxygen atoms in total. The molecule has 1 aliphatic heterocycles. The van der Waals surface area contributed by atoms with Gasteiger partial charge in [-0.3, -0.25) is 9.89 Å². The van der Waals surface area contributed by atoms with Gasteiger partial charge >= 0.3 is 0 Å². The lowest BCUT2D eigenvalue weighted by Crippen LogP contribution is -2.33. The lowest BCUT2D eigenvalue weighted by molar-refractivity contribution is 0.0683. The maximum atomic E-state index is 13.1. The summed E-state index contributed by atoms with van der Waals surface area (Å²) in [4.78, 5) is 19.1. The van der Waals surface area contributed by atoms with Crippen molar-refractivity contribution in [2.24, 2.45) is 0 Å². The molecule has 1 aromatic carbocycles. The topological polar surface area (TPSA) is 71.1 Å². The van der Waals surface area contributed by atoms with Gasteiger partial charge < -0.3 is 9.64 Å². The number of aryl methyl sites for hydroxylation is 2. The summed E-state index contributed by atoms with van der Waals surface area (Å²) in [6.07, 6.45) is 2.14. The third kappa shape index (κ3) is 2.96. The molecule has 23 heavy (non-hydrogen) atoms. The first-order valence-corrected chi connectivity index (χ1v) is 7.84. The molecule has 3 rings (SSSR count). The molecule has 2 aromatic rings. The van der Waals surface area contributed by atoms with Gasteiger partial charge in [0, 0.05) is 30.7 Å². The van der Waals surface area contributed by atoms with Gasteiger partial charge in [0.05, 0.1) is 12.1 Å². The van der Waals surface area contributed by atoms with E-state index in [4.69, 9.17) is 16.3 Å². The molecule has 7 heteroatoms. The Balaban J connectivity index is 1.95. The molecule has 2 heterocycles. The van der Waals surface area contributed by atoms with E-state index >= 15 is 0 Å². The van der Waals surface area contributed by atoms with Crippen LogP contribution in [0.2, 0.25) is 5.02 Å². The molecule has 0 radical (unpaired) electrons. The monoisotopic (exact) mass is 334 g/mol.